The third-order valence-electron chi connectivity index (χ3n) is 2.78. The Balaban J connectivity index is 2.61. The molecule has 0 aliphatic rings. The van der Waals surface area contributed by atoms with Crippen molar-refractivity contribution in [3.8, 4) is 0 Å². The summed E-state index contributed by atoms with van der Waals surface area (Å²) in [4.78, 5) is 26.1. The molecule has 0 amide bonds. The molecule has 0 atom stereocenters. The molecule has 0 aromatic heterocycles. The Kier molecular flexibility index (Phi) is 6.69. The van der Waals surface area contributed by atoms with Gasteiger partial charge >= 0.3 is 18.1 Å². The number of alkyl halides is 3. The highest BCUT2D eigenvalue weighted by Gasteiger charge is 2.36. The Hall–Kier alpha value is -2.64. The number of rotatable bonds is 6. The quantitative estimate of drug-likeness (QED) is 0.345. The number of nitrogens with zero attached hydrogens (tertiary/aromatic N) is 1. The average Bonchev–Trinajstić information content (AvgIpc) is 2.51. The lowest BCUT2D eigenvalue weighted by Crippen LogP contribution is -2.24. The molecule has 130 valence electrons. The zero-order valence-corrected chi connectivity index (χ0v) is 13.1. The van der Waals surface area contributed by atoms with Crippen molar-refractivity contribution in [2.75, 3.05) is 20.3 Å². The fraction of sp³-hybridized carbons (Fsp3) is 0.312. The maximum atomic E-state index is 12.7. The molecular weight excluding hydrogens is 327 g/mol. The Morgan fingerprint density at radius 2 is 1.58 bits per heavy atom. The molecule has 0 fully saturated rings. The third kappa shape index (κ3) is 5.53. The fourth-order valence-corrected chi connectivity index (χ4v) is 1.66. The average molecular weight is 343 g/mol. The van der Waals surface area contributed by atoms with Crippen LogP contribution in [-0.2, 0) is 14.3 Å². The molecule has 0 aliphatic carbocycles. The standard InChI is InChI=1S/C16H16F3NO4/c1-10(2)14(21)23-8-9-24-15(22)12-6-4-11(5-7-12)13(20-3)16(17,18)19/h4-7H,1,8-9H2,2-3H3/b20-13-. The number of ether oxygens (including phenoxy) is 2. The molecule has 0 saturated carbocycles. The maximum Gasteiger partial charge on any atom is 0.433 e. The van der Waals surface area contributed by atoms with E-state index in [4.69, 9.17) is 9.47 Å². The number of carbonyl (C=O) groups is 2. The molecule has 0 N–H and O–H groups in total. The van der Waals surface area contributed by atoms with Crippen molar-refractivity contribution in [1.82, 2.24) is 0 Å². The number of hydrogen-bond acceptors (Lipinski definition) is 5. The molecule has 0 aliphatic heterocycles. The summed E-state index contributed by atoms with van der Waals surface area (Å²) >= 11 is 0. The highest BCUT2D eigenvalue weighted by Crippen LogP contribution is 2.22. The highest BCUT2D eigenvalue weighted by molar-refractivity contribution is 6.05. The van der Waals surface area contributed by atoms with E-state index in [2.05, 4.69) is 11.6 Å². The molecule has 24 heavy (non-hydrogen) atoms. The minimum atomic E-state index is -4.58. The minimum Gasteiger partial charge on any atom is -0.459 e. The number of benzene rings is 1. The van der Waals surface area contributed by atoms with E-state index < -0.39 is 23.8 Å². The largest absolute Gasteiger partial charge is 0.459 e. The van der Waals surface area contributed by atoms with E-state index >= 15 is 0 Å². The van der Waals surface area contributed by atoms with E-state index in [9.17, 15) is 22.8 Å². The number of halogens is 3. The van der Waals surface area contributed by atoms with E-state index in [0.29, 0.717) is 0 Å². The minimum absolute atomic E-state index is 0.0719. The van der Waals surface area contributed by atoms with Crippen molar-refractivity contribution in [3.05, 3.63) is 47.5 Å². The van der Waals surface area contributed by atoms with Crippen LogP contribution in [0.2, 0.25) is 0 Å². The highest BCUT2D eigenvalue weighted by atomic mass is 19.4. The zero-order chi connectivity index (χ0) is 18.3. The Bertz CT molecular complexity index is 648. The van der Waals surface area contributed by atoms with Crippen LogP contribution in [0.3, 0.4) is 0 Å². The topological polar surface area (TPSA) is 65.0 Å². The SMILES string of the molecule is C=C(C)C(=O)OCCOC(=O)c1ccc(/C(=N/C)C(F)(F)F)cc1. The Labute approximate surface area is 136 Å². The lowest BCUT2D eigenvalue weighted by molar-refractivity contribution is -0.140. The molecule has 1 aromatic rings. The Morgan fingerprint density at radius 3 is 2.04 bits per heavy atom. The zero-order valence-electron chi connectivity index (χ0n) is 13.1. The van der Waals surface area contributed by atoms with E-state index in [1.54, 1.807) is 0 Å². The molecule has 5 nitrogen and oxygen atoms in total. The van der Waals surface area contributed by atoms with Crippen LogP contribution >= 0.6 is 0 Å². The van der Waals surface area contributed by atoms with Gasteiger partial charge in [0.1, 0.15) is 18.9 Å². The second-order valence-corrected chi connectivity index (χ2v) is 4.70. The molecule has 0 unspecified atom stereocenters. The summed E-state index contributed by atoms with van der Waals surface area (Å²) in [7, 11) is 1.04. The second-order valence-electron chi connectivity index (χ2n) is 4.70. The van der Waals surface area contributed by atoms with Crippen LogP contribution in [0.25, 0.3) is 0 Å². The molecular formula is C16H16F3NO4. The van der Waals surface area contributed by atoms with Gasteiger partial charge in [-0.2, -0.15) is 13.2 Å². The van der Waals surface area contributed by atoms with E-state index in [-0.39, 0.29) is 29.9 Å². The molecule has 0 heterocycles. The first-order valence-corrected chi connectivity index (χ1v) is 6.81. The van der Waals surface area contributed by atoms with Crippen LogP contribution in [0.1, 0.15) is 22.8 Å². The summed E-state index contributed by atoms with van der Waals surface area (Å²) in [5.74, 6) is -1.34. The summed E-state index contributed by atoms with van der Waals surface area (Å²) in [6.07, 6.45) is -4.58. The van der Waals surface area contributed by atoms with Crippen molar-refractivity contribution >= 4 is 17.7 Å². The first kappa shape index (κ1) is 19.4. The fourth-order valence-electron chi connectivity index (χ4n) is 1.66. The lowest BCUT2D eigenvalue weighted by Gasteiger charge is -2.10. The third-order valence-corrected chi connectivity index (χ3v) is 2.78. The number of hydrogen-bond donors (Lipinski definition) is 0. The monoisotopic (exact) mass is 343 g/mol. The van der Waals surface area contributed by atoms with Gasteiger partial charge in [-0.3, -0.25) is 4.99 Å². The van der Waals surface area contributed by atoms with Crippen molar-refractivity contribution in [2.24, 2.45) is 4.99 Å². The first-order chi connectivity index (χ1) is 11.2. The number of carbonyl (C=O) groups excluding carboxylic acids is 2. The van der Waals surface area contributed by atoms with Crippen LogP contribution < -0.4 is 0 Å². The summed E-state index contributed by atoms with van der Waals surface area (Å²) in [6, 6.07) is 4.67. The summed E-state index contributed by atoms with van der Waals surface area (Å²) in [6.45, 7) is 4.55. The molecule has 8 heteroatoms. The van der Waals surface area contributed by atoms with Gasteiger partial charge in [0.15, 0.2) is 0 Å². The molecule has 1 rings (SSSR count). The lowest BCUT2D eigenvalue weighted by atomic mass is 10.1. The van der Waals surface area contributed by atoms with Crippen LogP contribution in [0.5, 0.6) is 0 Å². The smallest absolute Gasteiger partial charge is 0.433 e. The van der Waals surface area contributed by atoms with Crippen molar-refractivity contribution in [3.63, 3.8) is 0 Å². The van der Waals surface area contributed by atoms with Crippen LogP contribution in [0.4, 0.5) is 13.2 Å². The van der Waals surface area contributed by atoms with Crippen LogP contribution in [0, 0.1) is 0 Å². The summed E-state index contributed by atoms with van der Waals surface area (Å²) in [5, 5.41) is 0. The van der Waals surface area contributed by atoms with Gasteiger partial charge in [0.25, 0.3) is 0 Å². The predicted octanol–water partition coefficient (Wildman–Crippen LogP) is 2.94. The van der Waals surface area contributed by atoms with E-state index in [0.717, 1.165) is 19.2 Å². The molecule has 1 aromatic carbocycles. The molecule has 0 spiro atoms. The van der Waals surface area contributed by atoms with Crippen molar-refractivity contribution in [2.45, 2.75) is 13.1 Å². The summed E-state index contributed by atoms with van der Waals surface area (Å²) in [5.41, 5.74) is -0.899. The first-order valence-electron chi connectivity index (χ1n) is 6.81. The van der Waals surface area contributed by atoms with Gasteiger partial charge in [-0.25, -0.2) is 9.59 Å². The Morgan fingerprint density at radius 1 is 1.08 bits per heavy atom. The molecule has 0 bridgehead atoms. The van der Waals surface area contributed by atoms with E-state index in [1.165, 1.54) is 19.1 Å². The van der Waals surface area contributed by atoms with Crippen molar-refractivity contribution < 1.29 is 32.2 Å². The predicted molar refractivity (Wildman–Crippen MR) is 81.0 cm³/mol. The van der Waals surface area contributed by atoms with Gasteiger partial charge in [-0.05, 0) is 19.1 Å². The van der Waals surface area contributed by atoms with Gasteiger partial charge in [0, 0.05) is 18.2 Å². The molecule has 0 radical (unpaired) electrons. The second kappa shape index (κ2) is 8.28. The van der Waals surface area contributed by atoms with Gasteiger partial charge in [0.2, 0.25) is 0 Å². The summed E-state index contributed by atoms with van der Waals surface area (Å²) < 4.78 is 47.8. The number of aliphatic imine (C=N–C) groups is 1. The van der Waals surface area contributed by atoms with Crippen LogP contribution in [0.15, 0.2) is 41.4 Å². The maximum absolute atomic E-state index is 12.7. The van der Waals surface area contributed by atoms with E-state index in [1.807, 2.05) is 0 Å². The van der Waals surface area contributed by atoms with Crippen molar-refractivity contribution in [1.29, 1.82) is 0 Å². The van der Waals surface area contributed by atoms with Gasteiger partial charge < -0.3 is 9.47 Å². The van der Waals surface area contributed by atoms with Crippen LogP contribution in [-0.4, -0.2) is 44.1 Å². The van der Waals surface area contributed by atoms with Gasteiger partial charge in [0.05, 0.1) is 5.56 Å². The normalized spacial score (nSPS) is 11.8. The molecule has 0 saturated heterocycles. The van der Waals surface area contributed by atoms with Gasteiger partial charge in [-0.1, -0.05) is 18.7 Å². The number of esters is 2. The van der Waals surface area contributed by atoms with Gasteiger partial charge in [-0.15, -0.1) is 0 Å².